The fourth-order valence-electron chi connectivity index (χ4n) is 2.59. The molecule has 0 saturated heterocycles. The number of hydrogen-bond donors (Lipinski definition) is 1. The topological polar surface area (TPSA) is 91.2 Å². The first kappa shape index (κ1) is 16.9. The zero-order valence-electron chi connectivity index (χ0n) is 14.1. The standard InChI is InChI=1S/C18H11FN6OS2/c19-10-1-3-11(4-2-10)26-16-8-7-15-22-23-18(25(15)24-16)27-12-5-6-13-14(9-12)28-17(20)21-13/h1-9H,(H2,20,21). The van der Waals surface area contributed by atoms with Gasteiger partial charge >= 0.3 is 0 Å². The van der Waals surface area contributed by atoms with Crippen LogP contribution in [-0.4, -0.2) is 24.8 Å². The highest BCUT2D eigenvalue weighted by Crippen LogP contribution is 2.32. The average Bonchev–Trinajstić information content (AvgIpc) is 3.26. The summed E-state index contributed by atoms with van der Waals surface area (Å²) in [5, 5.41) is 13.9. The Balaban J connectivity index is 1.46. The van der Waals surface area contributed by atoms with Crippen molar-refractivity contribution in [1.29, 1.82) is 0 Å². The van der Waals surface area contributed by atoms with Crippen molar-refractivity contribution in [3.8, 4) is 11.6 Å². The first-order valence-corrected chi connectivity index (χ1v) is 9.77. The van der Waals surface area contributed by atoms with Crippen molar-refractivity contribution in [3.05, 3.63) is 60.4 Å². The van der Waals surface area contributed by atoms with Crippen molar-refractivity contribution in [2.45, 2.75) is 10.1 Å². The molecule has 0 aliphatic heterocycles. The van der Waals surface area contributed by atoms with Gasteiger partial charge in [0.15, 0.2) is 10.8 Å². The maximum absolute atomic E-state index is 13.0. The second-order valence-corrected chi connectivity index (χ2v) is 7.87. The fourth-order valence-corrected chi connectivity index (χ4v) is 4.26. The highest BCUT2D eigenvalue weighted by atomic mass is 32.2. The van der Waals surface area contributed by atoms with E-state index in [1.165, 1.54) is 35.2 Å². The second-order valence-electron chi connectivity index (χ2n) is 5.76. The highest BCUT2D eigenvalue weighted by molar-refractivity contribution is 7.99. The van der Waals surface area contributed by atoms with Crippen LogP contribution >= 0.6 is 23.1 Å². The lowest BCUT2D eigenvalue weighted by Crippen LogP contribution is -1.97. The minimum atomic E-state index is -0.326. The first-order valence-electron chi connectivity index (χ1n) is 8.14. The molecule has 0 atom stereocenters. The van der Waals surface area contributed by atoms with Gasteiger partial charge in [0.25, 0.3) is 0 Å². The number of anilines is 1. The Kier molecular flexibility index (Phi) is 4.06. The third-order valence-corrected chi connectivity index (χ3v) is 5.61. The summed E-state index contributed by atoms with van der Waals surface area (Å²) in [4.78, 5) is 5.23. The van der Waals surface area contributed by atoms with Crippen LogP contribution in [0.25, 0.3) is 15.9 Å². The van der Waals surface area contributed by atoms with Crippen LogP contribution in [-0.2, 0) is 0 Å². The number of aromatic nitrogens is 5. The molecule has 10 heteroatoms. The molecular formula is C18H11FN6OS2. The number of nitrogens with two attached hydrogens (primary N) is 1. The molecule has 5 aromatic rings. The molecular weight excluding hydrogens is 399 g/mol. The monoisotopic (exact) mass is 410 g/mol. The van der Waals surface area contributed by atoms with E-state index in [4.69, 9.17) is 10.5 Å². The van der Waals surface area contributed by atoms with Gasteiger partial charge in [-0.3, -0.25) is 0 Å². The first-order chi connectivity index (χ1) is 13.6. The molecule has 3 aromatic heterocycles. The van der Waals surface area contributed by atoms with Gasteiger partial charge in [-0.25, -0.2) is 9.37 Å². The molecule has 0 aliphatic carbocycles. The van der Waals surface area contributed by atoms with Crippen LogP contribution in [0.2, 0.25) is 0 Å². The number of rotatable bonds is 4. The zero-order chi connectivity index (χ0) is 19.1. The van der Waals surface area contributed by atoms with Gasteiger partial charge in [0, 0.05) is 11.0 Å². The Bertz CT molecular complexity index is 1300. The molecule has 3 heterocycles. The summed E-state index contributed by atoms with van der Waals surface area (Å²) in [6.07, 6.45) is 0. The number of benzene rings is 2. The summed E-state index contributed by atoms with van der Waals surface area (Å²) >= 11 is 2.86. The van der Waals surface area contributed by atoms with Crippen LogP contribution < -0.4 is 10.5 Å². The Morgan fingerprint density at radius 1 is 1.04 bits per heavy atom. The van der Waals surface area contributed by atoms with Gasteiger partial charge < -0.3 is 10.5 Å². The van der Waals surface area contributed by atoms with Crippen molar-refractivity contribution in [2.75, 3.05) is 5.73 Å². The summed E-state index contributed by atoms with van der Waals surface area (Å²) in [7, 11) is 0. The number of nitrogens with zero attached hydrogens (tertiary/aromatic N) is 5. The van der Waals surface area contributed by atoms with E-state index in [1.54, 1.807) is 28.8 Å². The van der Waals surface area contributed by atoms with Gasteiger partial charge in [-0.05, 0) is 60.3 Å². The smallest absolute Gasteiger partial charge is 0.237 e. The number of halogens is 1. The normalized spacial score (nSPS) is 11.3. The van der Waals surface area contributed by atoms with Gasteiger partial charge in [-0.15, -0.1) is 15.3 Å². The van der Waals surface area contributed by atoms with Crippen molar-refractivity contribution >= 4 is 44.1 Å². The molecule has 2 aromatic carbocycles. The molecule has 0 radical (unpaired) electrons. The van der Waals surface area contributed by atoms with Crippen LogP contribution in [0.1, 0.15) is 0 Å². The quantitative estimate of drug-likeness (QED) is 0.469. The lowest BCUT2D eigenvalue weighted by Gasteiger charge is -2.05. The van der Waals surface area contributed by atoms with Crippen molar-refractivity contribution in [3.63, 3.8) is 0 Å². The van der Waals surface area contributed by atoms with Crippen molar-refractivity contribution < 1.29 is 9.13 Å². The summed E-state index contributed by atoms with van der Waals surface area (Å²) in [5.74, 6) is 0.517. The van der Waals surface area contributed by atoms with Crippen LogP contribution in [0, 0.1) is 5.82 Å². The van der Waals surface area contributed by atoms with Gasteiger partial charge in [0.1, 0.15) is 11.6 Å². The number of fused-ring (bicyclic) bond motifs is 2. The molecule has 0 aliphatic rings. The van der Waals surface area contributed by atoms with Gasteiger partial charge in [0.2, 0.25) is 11.0 Å². The molecule has 138 valence electrons. The van der Waals surface area contributed by atoms with Crippen molar-refractivity contribution in [1.82, 2.24) is 24.8 Å². The summed E-state index contributed by atoms with van der Waals surface area (Å²) in [6.45, 7) is 0. The number of thiazole rings is 1. The number of nitrogen functional groups attached to an aromatic ring is 1. The minimum absolute atomic E-state index is 0.326. The SMILES string of the molecule is Nc1nc2ccc(Sc3nnc4ccc(Oc5ccc(F)cc5)nn34)cc2s1. The zero-order valence-corrected chi connectivity index (χ0v) is 15.7. The van der Waals surface area contributed by atoms with Gasteiger partial charge in [0.05, 0.1) is 10.2 Å². The van der Waals surface area contributed by atoms with Crippen LogP contribution in [0.4, 0.5) is 9.52 Å². The Labute approximate surface area is 166 Å². The van der Waals surface area contributed by atoms with Crippen LogP contribution in [0.15, 0.2) is 64.6 Å². The van der Waals surface area contributed by atoms with E-state index in [0.29, 0.717) is 27.6 Å². The number of hydrogen-bond acceptors (Lipinski definition) is 8. The Morgan fingerprint density at radius 3 is 2.75 bits per heavy atom. The minimum Gasteiger partial charge on any atom is -0.438 e. The third-order valence-electron chi connectivity index (χ3n) is 3.83. The van der Waals surface area contributed by atoms with E-state index in [1.807, 2.05) is 18.2 Å². The maximum atomic E-state index is 13.0. The predicted molar refractivity (Wildman–Crippen MR) is 105 cm³/mol. The van der Waals surface area contributed by atoms with E-state index in [0.717, 1.165) is 15.1 Å². The van der Waals surface area contributed by atoms with E-state index in [-0.39, 0.29) is 5.82 Å². The molecule has 0 unspecified atom stereocenters. The maximum Gasteiger partial charge on any atom is 0.237 e. The van der Waals surface area contributed by atoms with Gasteiger partial charge in [-0.1, -0.05) is 11.3 Å². The Morgan fingerprint density at radius 2 is 1.89 bits per heavy atom. The van der Waals surface area contributed by atoms with Gasteiger partial charge in [-0.2, -0.15) is 4.52 Å². The second kappa shape index (κ2) is 6.73. The largest absolute Gasteiger partial charge is 0.438 e. The molecule has 0 amide bonds. The molecule has 0 spiro atoms. The van der Waals surface area contributed by atoms with E-state index in [2.05, 4.69) is 20.3 Å². The predicted octanol–water partition coefficient (Wildman–Crippen LogP) is 4.40. The average molecular weight is 410 g/mol. The third kappa shape index (κ3) is 3.23. The molecule has 2 N–H and O–H groups in total. The van der Waals surface area contributed by atoms with Crippen LogP contribution in [0.3, 0.4) is 0 Å². The summed E-state index contributed by atoms with van der Waals surface area (Å²) < 4.78 is 21.3. The number of ether oxygens (including phenoxy) is 1. The molecule has 7 nitrogen and oxygen atoms in total. The molecule has 0 saturated carbocycles. The molecule has 5 rings (SSSR count). The Hall–Kier alpha value is -3.24. The molecule has 0 bridgehead atoms. The molecule has 28 heavy (non-hydrogen) atoms. The van der Waals surface area contributed by atoms with E-state index >= 15 is 0 Å². The van der Waals surface area contributed by atoms with Crippen molar-refractivity contribution in [2.24, 2.45) is 0 Å². The van der Waals surface area contributed by atoms with Crippen LogP contribution in [0.5, 0.6) is 11.6 Å². The summed E-state index contributed by atoms with van der Waals surface area (Å²) in [5.41, 5.74) is 7.23. The molecule has 0 fully saturated rings. The summed E-state index contributed by atoms with van der Waals surface area (Å²) in [6, 6.07) is 15.1. The van der Waals surface area contributed by atoms with E-state index < -0.39 is 0 Å². The highest BCUT2D eigenvalue weighted by Gasteiger charge is 2.12. The lowest BCUT2D eigenvalue weighted by atomic mass is 10.3. The van der Waals surface area contributed by atoms with E-state index in [9.17, 15) is 4.39 Å². The lowest BCUT2D eigenvalue weighted by molar-refractivity contribution is 0.448. The fraction of sp³-hybridized carbons (Fsp3) is 0.